The summed E-state index contributed by atoms with van der Waals surface area (Å²) in [5.74, 6) is 1.50. The summed E-state index contributed by atoms with van der Waals surface area (Å²) in [6.07, 6.45) is 0.204. The number of nitrogens with zero attached hydrogens (tertiary/aromatic N) is 3. The smallest absolute Gasteiger partial charge is 0.322 e. The average Bonchev–Trinajstić information content (AvgIpc) is 3.07. The second-order valence-corrected chi connectivity index (χ2v) is 4.87. The van der Waals surface area contributed by atoms with Gasteiger partial charge in [0, 0.05) is 0 Å². The highest BCUT2D eigenvalue weighted by molar-refractivity contribution is 5.78. The number of aromatic nitrogens is 3. The molecule has 9 nitrogen and oxygen atoms in total. The molecule has 0 spiro atoms. The van der Waals surface area contributed by atoms with Crippen LogP contribution in [-0.2, 0) is 17.8 Å². The number of ether oxygens (including phenoxy) is 4. The third-order valence-electron chi connectivity index (χ3n) is 3.25. The van der Waals surface area contributed by atoms with Gasteiger partial charge in [-0.2, -0.15) is 9.97 Å². The standard InChI is InChI=1S/C15H16N4O5/c1-21-14-17-12(18-15(19-14)22-2)7-16-13(20)6-9-3-4-10-11(5-9)24-8-23-10/h3-5H,6-8H2,1-2H3,(H,16,20). The zero-order chi connectivity index (χ0) is 16.9. The van der Waals surface area contributed by atoms with Crippen molar-refractivity contribution in [1.82, 2.24) is 20.3 Å². The van der Waals surface area contributed by atoms with Crippen LogP contribution >= 0.6 is 0 Å². The molecule has 2 aromatic rings. The normalized spacial score (nSPS) is 11.9. The number of amides is 1. The topological polar surface area (TPSA) is 105 Å². The van der Waals surface area contributed by atoms with Crippen molar-refractivity contribution in [3.63, 3.8) is 0 Å². The quantitative estimate of drug-likeness (QED) is 0.814. The minimum Gasteiger partial charge on any atom is -0.467 e. The maximum Gasteiger partial charge on any atom is 0.322 e. The number of carbonyl (C=O) groups excluding carboxylic acids is 1. The molecule has 1 aromatic heterocycles. The summed E-state index contributed by atoms with van der Waals surface area (Å²) < 4.78 is 20.5. The van der Waals surface area contributed by atoms with Crippen LogP contribution in [0.2, 0.25) is 0 Å². The van der Waals surface area contributed by atoms with E-state index >= 15 is 0 Å². The Balaban J connectivity index is 1.59. The summed E-state index contributed by atoms with van der Waals surface area (Å²) in [4.78, 5) is 24.1. The molecule has 1 aromatic carbocycles. The van der Waals surface area contributed by atoms with Crippen molar-refractivity contribution in [2.45, 2.75) is 13.0 Å². The minimum absolute atomic E-state index is 0.127. The van der Waals surface area contributed by atoms with Crippen molar-refractivity contribution in [2.75, 3.05) is 21.0 Å². The van der Waals surface area contributed by atoms with Gasteiger partial charge in [-0.3, -0.25) is 4.79 Å². The number of methoxy groups -OCH3 is 2. The molecule has 1 aliphatic heterocycles. The van der Waals surface area contributed by atoms with Crippen molar-refractivity contribution in [2.24, 2.45) is 0 Å². The van der Waals surface area contributed by atoms with Crippen molar-refractivity contribution in [3.8, 4) is 23.5 Å². The van der Waals surface area contributed by atoms with Gasteiger partial charge in [0.1, 0.15) is 0 Å². The second kappa shape index (κ2) is 6.99. The predicted octanol–water partition coefficient (Wildman–Crippen LogP) is 0.476. The third-order valence-corrected chi connectivity index (χ3v) is 3.25. The summed E-state index contributed by atoms with van der Waals surface area (Å²) in [5.41, 5.74) is 0.822. The van der Waals surface area contributed by atoms with E-state index in [-0.39, 0.29) is 37.7 Å². The van der Waals surface area contributed by atoms with E-state index in [1.54, 1.807) is 12.1 Å². The Bertz CT molecular complexity index is 730. The highest BCUT2D eigenvalue weighted by atomic mass is 16.7. The Labute approximate surface area is 137 Å². The molecule has 9 heteroatoms. The molecule has 126 valence electrons. The van der Waals surface area contributed by atoms with Crippen LogP contribution < -0.4 is 24.3 Å². The first-order valence-corrected chi connectivity index (χ1v) is 7.16. The van der Waals surface area contributed by atoms with Gasteiger partial charge in [-0.05, 0) is 17.7 Å². The van der Waals surface area contributed by atoms with E-state index in [1.165, 1.54) is 14.2 Å². The number of carbonyl (C=O) groups is 1. The van der Waals surface area contributed by atoms with Crippen LogP contribution in [0, 0.1) is 0 Å². The largest absolute Gasteiger partial charge is 0.467 e. The van der Waals surface area contributed by atoms with Crippen LogP contribution in [0.3, 0.4) is 0 Å². The maximum atomic E-state index is 12.1. The number of hydrogen-bond donors (Lipinski definition) is 1. The van der Waals surface area contributed by atoms with Gasteiger partial charge in [0.05, 0.1) is 27.2 Å². The highest BCUT2D eigenvalue weighted by Gasteiger charge is 2.15. The van der Waals surface area contributed by atoms with Crippen molar-refractivity contribution < 1.29 is 23.7 Å². The first-order valence-electron chi connectivity index (χ1n) is 7.16. The van der Waals surface area contributed by atoms with Crippen molar-refractivity contribution in [1.29, 1.82) is 0 Å². The first kappa shape index (κ1) is 15.8. The Hall–Kier alpha value is -3.10. The fraction of sp³-hybridized carbons (Fsp3) is 0.333. The van der Waals surface area contributed by atoms with Gasteiger partial charge in [0.25, 0.3) is 0 Å². The van der Waals surface area contributed by atoms with Crippen LogP contribution in [0.25, 0.3) is 0 Å². The van der Waals surface area contributed by atoms with Crippen LogP contribution in [0.1, 0.15) is 11.4 Å². The lowest BCUT2D eigenvalue weighted by molar-refractivity contribution is -0.120. The summed E-state index contributed by atoms with van der Waals surface area (Å²) in [6.45, 7) is 0.340. The van der Waals surface area contributed by atoms with E-state index in [0.29, 0.717) is 17.3 Å². The second-order valence-electron chi connectivity index (χ2n) is 4.87. The Morgan fingerprint density at radius 2 is 1.83 bits per heavy atom. The number of fused-ring (bicyclic) bond motifs is 1. The van der Waals surface area contributed by atoms with Gasteiger partial charge < -0.3 is 24.3 Å². The molecule has 3 rings (SSSR count). The molecule has 0 fully saturated rings. The fourth-order valence-electron chi connectivity index (χ4n) is 2.12. The van der Waals surface area contributed by atoms with Gasteiger partial charge in [-0.25, -0.2) is 0 Å². The molecule has 1 N–H and O–H groups in total. The summed E-state index contributed by atoms with van der Waals surface area (Å²) >= 11 is 0. The molecule has 1 aliphatic rings. The molecular formula is C15H16N4O5. The molecule has 0 radical (unpaired) electrons. The SMILES string of the molecule is COc1nc(CNC(=O)Cc2ccc3c(c2)OCO3)nc(OC)n1. The van der Waals surface area contributed by atoms with E-state index in [2.05, 4.69) is 20.3 Å². The minimum atomic E-state index is -0.174. The van der Waals surface area contributed by atoms with Crippen molar-refractivity contribution >= 4 is 5.91 Å². The molecule has 2 heterocycles. The Morgan fingerprint density at radius 1 is 1.12 bits per heavy atom. The zero-order valence-corrected chi connectivity index (χ0v) is 13.2. The van der Waals surface area contributed by atoms with E-state index in [0.717, 1.165) is 5.56 Å². The molecule has 0 atom stereocenters. The van der Waals surface area contributed by atoms with Crippen LogP contribution in [-0.4, -0.2) is 41.9 Å². The highest BCUT2D eigenvalue weighted by Crippen LogP contribution is 2.32. The lowest BCUT2D eigenvalue weighted by Gasteiger charge is -2.07. The zero-order valence-electron chi connectivity index (χ0n) is 13.2. The molecule has 24 heavy (non-hydrogen) atoms. The van der Waals surface area contributed by atoms with E-state index in [4.69, 9.17) is 18.9 Å². The summed E-state index contributed by atoms with van der Waals surface area (Å²) in [7, 11) is 2.88. The van der Waals surface area contributed by atoms with Gasteiger partial charge in [-0.1, -0.05) is 6.07 Å². The monoisotopic (exact) mass is 332 g/mol. The molecule has 0 saturated carbocycles. The number of rotatable bonds is 6. The number of hydrogen-bond acceptors (Lipinski definition) is 8. The lowest BCUT2D eigenvalue weighted by Crippen LogP contribution is -2.25. The molecule has 0 unspecified atom stereocenters. The van der Waals surface area contributed by atoms with Gasteiger partial charge in [0.15, 0.2) is 17.3 Å². The summed E-state index contributed by atoms with van der Waals surface area (Å²) in [5, 5.41) is 2.74. The van der Waals surface area contributed by atoms with Crippen LogP contribution in [0.4, 0.5) is 0 Å². The lowest BCUT2D eigenvalue weighted by atomic mass is 10.1. The molecular weight excluding hydrogens is 316 g/mol. The maximum absolute atomic E-state index is 12.1. The molecule has 0 bridgehead atoms. The van der Waals surface area contributed by atoms with Gasteiger partial charge in [-0.15, -0.1) is 4.98 Å². The van der Waals surface area contributed by atoms with Crippen molar-refractivity contribution in [3.05, 3.63) is 29.6 Å². The first-order chi connectivity index (χ1) is 11.7. The Kier molecular flexibility index (Phi) is 4.59. The molecule has 1 amide bonds. The molecule has 0 aliphatic carbocycles. The van der Waals surface area contributed by atoms with E-state index in [9.17, 15) is 4.79 Å². The Morgan fingerprint density at radius 3 is 2.54 bits per heavy atom. The van der Waals surface area contributed by atoms with Crippen LogP contribution in [0.5, 0.6) is 23.5 Å². The summed E-state index contributed by atoms with van der Waals surface area (Å²) in [6, 6.07) is 5.65. The van der Waals surface area contributed by atoms with E-state index in [1.807, 2.05) is 6.07 Å². The average molecular weight is 332 g/mol. The third kappa shape index (κ3) is 3.62. The number of nitrogens with one attached hydrogen (secondary N) is 1. The fourth-order valence-corrected chi connectivity index (χ4v) is 2.12. The van der Waals surface area contributed by atoms with E-state index < -0.39 is 0 Å². The van der Waals surface area contributed by atoms with Gasteiger partial charge >= 0.3 is 12.0 Å². The van der Waals surface area contributed by atoms with Gasteiger partial charge in [0.2, 0.25) is 12.7 Å². The predicted molar refractivity (Wildman–Crippen MR) is 81.0 cm³/mol. The van der Waals surface area contributed by atoms with Crippen LogP contribution in [0.15, 0.2) is 18.2 Å². The molecule has 0 saturated heterocycles. The number of benzene rings is 1.